The van der Waals surface area contributed by atoms with E-state index in [1.54, 1.807) is 14.2 Å². The molecular formula is C22H31IN8O. The summed E-state index contributed by atoms with van der Waals surface area (Å²) in [6.45, 7) is 2.80. The smallest absolute Gasteiger partial charge is 0.191 e. The van der Waals surface area contributed by atoms with Crippen LogP contribution in [0.15, 0.2) is 47.7 Å². The maximum absolute atomic E-state index is 5.14. The van der Waals surface area contributed by atoms with E-state index in [1.807, 2.05) is 23.1 Å². The van der Waals surface area contributed by atoms with Crippen LogP contribution in [0.4, 0.5) is 0 Å². The van der Waals surface area contributed by atoms with Crippen LogP contribution < -0.4 is 10.6 Å². The first-order chi connectivity index (χ1) is 15.2. The monoisotopic (exact) mass is 550 g/mol. The molecule has 3 aromatic rings. The fourth-order valence-electron chi connectivity index (χ4n) is 3.84. The Bertz CT molecular complexity index is 1000. The quantitative estimate of drug-likeness (QED) is 0.253. The van der Waals surface area contributed by atoms with E-state index in [-0.39, 0.29) is 30.0 Å². The number of ether oxygens (including phenoxy) is 1. The fourth-order valence-corrected chi connectivity index (χ4v) is 3.84. The van der Waals surface area contributed by atoms with Crippen LogP contribution in [0.5, 0.6) is 0 Å². The van der Waals surface area contributed by atoms with Gasteiger partial charge in [0.15, 0.2) is 11.8 Å². The van der Waals surface area contributed by atoms with E-state index < -0.39 is 0 Å². The van der Waals surface area contributed by atoms with Gasteiger partial charge in [0.2, 0.25) is 0 Å². The van der Waals surface area contributed by atoms with Crippen molar-refractivity contribution in [2.45, 2.75) is 45.0 Å². The Morgan fingerprint density at radius 3 is 2.91 bits per heavy atom. The van der Waals surface area contributed by atoms with Crippen molar-refractivity contribution >= 4 is 29.9 Å². The van der Waals surface area contributed by atoms with E-state index in [4.69, 9.17) is 4.74 Å². The van der Waals surface area contributed by atoms with Crippen LogP contribution in [0, 0.1) is 0 Å². The summed E-state index contributed by atoms with van der Waals surface area (Å²) in [5, 5.41) is 11.5. The number of methoxy groups -OCH3 is 1. The molecule has 32 heavy (non-hydrogen) atoms. The fraction of sp³-hybridized carbons (Fsp3) is 0.455. The van der Waals surface area contributed by atoms with Crippen molar-refractivity contribution in [2.75, 3.05) is 20.7 Å². The van der Waals surface area contributed by atoms with Gasteiger partial charge in [-0.15, -0.1) is 24.0 Å². The number of nitrogens with zero attached hydrogens (tertiary/aromatic N) is 6. The van der Waals surface area contributed by atoms with E-state index in [0.717, 1.165) is 62.3 Å². The molecule has 0 amide bonds. The van der Waals surface area contributed by atoms with Crippen molar-refractivity contribution in [3.8, 4) is 0 Å². The topological polar surface area (TPSA) is 94.2 Å². The summed E-state index contributed by atoms with van der Waals surface area (Å²) < 4.78 is 9.31. The number of aliphatic imine (C=N–C) groups is 1. The van der Waals surface area contributed by atoms with Gasteiger partial charge in [-0.25, -0.2) is 14.6 Å². The Hall–Kier alpha value is -2.47. The van der Waals surface area contributed by atoms with Gasteiger partial charge in [-0.2, -0.15) is 5.10 Å². The van der Waals surface area contributed by atoms with Gasteiger partial charge in [-0.1, -0.05) is 30.3 Å². The van der Waals surface area contributed by atoms with Crippen LogP contribution in [0.1, 0.15) is 29.5 Å². The molecule has 0 spiro atoms. The van der Waals surface area contributed by atoms with E-state index >= 15 is 0 Å². The number of halogens is 1. The molecule has 1 aliphatic rings. The van der Waals surface area contributed by atoms with Crippen LogP contribution in [0.3, 0.4) is 0 Å². The number of guanidine groups is 1. The molecule has 4 rings (SSSR count). The highest BCUT2D eigenvalue weighted by Gasteiger charge is 2.22. The molecule has 3 heterocycles. The zero-order valence-electron chi connectivity index (χ0n) is 18.6. The van der Waals surface area contributed by atoms with Crippen molar-refractivity contribution in [2.24, 2.45) is 4.99 Å². The van der Waals surface area contributed by atoms with Gasteiger partial charge in [0.1, 0.15) is 18.3 Å². The highest BCUT2D eigenvalue weighted by Crippen LogP contribution is 2.13. The molecule has 172 valence electrons. The van der Waals surface area contributed by atoms with Gasteiger partial charge in [-0.05, 0) is 12.0 Å². The van der Waals surface area contributed by atoms with Crippen molar-refractivity contribution in [3.05, 3.63) is 65.8 Å². The minimum Gasteiger partial charge on any atom is -0.377 e. The number of hydrogen-bond donors (Lipinski definition) is 2. The first-order valence-corrected chi connectivity index (χ1v) is 10.7. The number of benzene rings is 1. The summed E-state index contributed by atoms with van der Waals surface area (Å²) in [4.78, 5) is 13.4. The number of fused-ring (bicyclic) bond motifs is 1. The Kier molecular flexibility index (Phi) is 9.03. The van der Waals surface area contributed by atoms with Crippen molar-refractivity contribution < 1.29 is 4.74 Å². The highest BCUT2D eigenvalue weighted by atomic mass is 127. The van der Waals surface area contributed by atoms with Gasteiger partial charge < -0.3 is 19.9 Å². The van der Waals surface area contributed by atoms with Gasteiger partial charge in [0, 0.05) is 58.5 Å². The molecule has 2 aromatic heterocycles. The second-order valence-electron chi connectivity index (χ2n) is 7.65. The van der Waals surface area contributed by atoms with E-state index in [1.165, 1.54) is 5.56 Å². The van der Waals surface area contributed by atoms with Crippen LogP contribution in [0.25, 0.3) is 0 Å². The Labute approximate surface area is 205 Å². The molecule has 1 aromatic carbocycles. The molecule has 0 radical (unpaired) electrons. The zero-order valence-corrected chi connectivity index (χ0v) is 20.9. The third kappa shape index (κ3) is 6.28. The molecule has 0 aliphatic carbocycles. The molecular weight excluding hydrogens is 519 g/mol. The molecule has 10 heteroatoms. The number of imidazole rings is 1. The number of aryl methyl sites for hydroxylation is 1. The lowest BCUT2D eigenvalue weighted by Crippen LogP contribution is -2.47. The Morgan fingerprint density at radius 2 is 2.12 bits per heavy atom. The summed E-state index contributed by atoms with van der Waals surface area (Å²) in [6, 6.07) is 10.7. The third-order valence-corrected chi connectivity index (χ3v) is 5.38. The largest absolute Gasteiger partial charge is 0.377 e. The minimum absolute atomic E-state index is 0. The normalized spacial score (nSPS) is 15.7. The predicted molar refractivity (Wildman–Crippen MR) is 134 cm³/mol. The van der Waals surface area contributed by atoms with Gasteiger partial charge in [-0.3, -0.25) is 4.99 Å². The van der Waals surface area contributed by atoms with E-state index in [0.29, 0.717) is 6.61 Å². The van der Waals surface area contributed by atoms with Crippen LogP contribution >= 0.6 is 24.0 Å². The summed E-state index contributed by atoms with van der Waals surface area (Å²) in [6.07, 6.45) is 6.60. The number of rotatable bonds is 8. The van der Waals surface area contributed by atoms with Crippen molar-refractivity contribution in [1.82, 2.24) is 34.9 Å². The number of nitrogens with one attached hydrogen (secondary N) is 2. The molecule has 1 atom stereocenters. The summed E-state index contributed by atoms with van der Waals surface area (Å²) in [5.41, 5.74) is 1.27. The summed E-state index contributed by atoms with van der Waals surface area (Å²) >= 11 is 0. The maximum atomic E-state index is 5.14. The lowest BCUT2D eigenvalue weighted by Gasteiger charge is -2.25. The average molecular weight is 550 g/mol. The lowest BCUT2D eigenvalue weighted by molar-refractivity contribution is 0.177. The van der Waals surface area contributed by atoms with Crippen LogP contribution in [0.2, 0.25) is 0 Å². The second kappa shape index (κ2) is 12.0. The predicted octanol–water partition coefficient (Wildman–Crippen LogP) is 2.01. The Morgan fingerprint density at radius 1 is 1.28 bits per heavy atom. The molecule has 0 bridgehead atoms. The SMILES string of the molecule is CN=C(NCCc1nccn1Cc1ccccc1)NC1CCc2nc(COC)nn2C1.I. The third-order valence-electron chi connectivity index (χ3n) is 5.38. The molecule has 0 saturated carbocycles. The van der Waals surface area contributed by atoms with Crippen molar-refractivity contribution in [3.63, 3.8) is 0 Å². The first kappa shape index (κ1) is 24.2. The second-order valence-corrected chi connectivity index (χ2v) is 7.65. The van der Waals surface area contributed by atoms with Gasteiger partial charge in [0.05, 0.1) is 6.54 Å². The van der Waals surface area contributed by atoms with Gasteiger partial charge in [0.25, 0.3) is 0 Å². The minimum atomic E-state index is 0. The standard InChI is InChI=1S/C22H30N8O.HI/c1-23-22(26-18-8-9-21-27-19(16-31-2)28-30(21)15-18)25-11-10-20-24-12-13-29(20)14-17-6-4-3-5-7-17;/h3-7,12-13,18H,8-11,14-16H2,1-2H3,(H2,23,25,26);1H. The molecule has 9 nitrogen and oxygen atoms in total. The lowest BCUT2D eigenvalue weighted by atomic mass is 10.1. The van der Waals surface area contributed by atoms with E-state index in [9.17, 15) is 0 Å². The van der Waals surface area contributed by atoms with Crippen LogP contribution in [-0.4, -0.2) is 57.0 Å². The molecule has 0 fully saturated rings. The zero-order chi connectivity index (χ0) is 21.5. The van der Waals surface area contributed by atoms with Gasteiger partial charge >= 0.3 is 0 Å². The molecule has 2 N–H and O–H groups in total. The highest BCUT2D eigenvalue weighted by molar-refractivity contribution is 14.0. The summed E-state index contributed by atoms with van der Waals surface area (Å²) in [7, 11) is 3.46. The molecule has 1 unspecified atom stereocenters. The summed E-state index contributed by atoms with van der Waals surface area (Å²) in [5.74, 6) is 3.62. The maximum Gasteiger partial charge on any atom is 0.191 e. The van der Waals surface area contributed by atoms with Crippen LogP contribution in [-0.2, 0) is 37.3 Å². The first-order valence-electron chi connectivity index (χ1n) is 10.7. The molecule has 0 saturated heterocycles. The molecule has 1 aliphatic heterocycles. The van der Waals surface area contributed by atoms with E-state index in [2.05, 4.69) is 59.5 Å². The average Bonchev–Trinajstić information content (AvgIpc) is 3.40. The van der Waals surface area contributed by atoms with Crippen molar-refractivity contribution in [1.29, 1.82) is 0 Å². The Balaban J connectivity index is 0.00000289. The number of aromatic nitrogens is 5. The number of hydrogen-bond acceptors (Lipinski definition) is 5.